The van der Waals surface area contributed by atoms with E-state index in [-0.39, 0.29) is 11.9 Å². The van der Waals surface area contributed by atoms with Crippen LogP contribution in [0.15, 0.2) is 18.2 Å². The van der Waals surface area contributed by atoms with Gasteiger partial charge >= 0.3 is 0 Å². The molecule has 0 aromatic heterocycles. The molecule has 1 aromatic rings. The molecule has 100 valence electrons. The van der Waals surface area contributed by atoms with Crippen LogP contribution in [0, 0.1) is 18.7 Å². The third kappa shape index (κ3) is 3.30. The fourth-order valence-corrected chi connectivity index (χ4v) is 2.87. The lowest BCUT2D eigenvalue weighted by molar-refractivity contribution is 0.415. The average molecular weight is 250 g/mol. The highest BCUT2D eigenvalue weighted by Gasteiger charge is 2.18. The molecule has 18 heavy (non-hydrogen) atoms. The van der Waals surface area contributed by atoms with Crippen LogP contribution in [-0.2, 0) is 0 Å². The van der Waals surface area contributed by atoms with Crippen LogP contribution in [0.25, 0.3) is 0 Å². The number of halogens is 1. The summed E-state index contributed by atoms with van der Waals surface area (Å²) < 4.78 is 13.5. The first-order chi connectivity index (χ1) is 8.70. The Hall–Kier alpha value is -0.930. The molecule has 2 nitrogen and oxygen atoms in total. The monoisotopic (exact) mass is 250 g/mol. The zero-order chi connectivity index (χ0) is 13.0. The van der Waals surface area contributed by atoms with Gasteiger partial charge in [0.25, 0.3) is 0 Å². The van der Waals surface area contributed by atoms with Crippen molar-refractivity contribution in [1.82, 2.24) is 5.43 Å². The highest BCUT2D eigenvalue weighted by molar-refractivity contribution is 5.25. The fraction of sp³-hybridized carbons (Fsp3) is 0.600. The third-order valence-corrected chi connectivity index (χ3v) is 4.14. The number of rotatable bonds is 5. The molecule has 1 aliphatic carbocycles. The minimum Gasteiger partial charge on any atom is -0.271 e. The summed E-state index contributed by atoms with van der Waals surface area (Å²) in [5.74, 6) is 6.30. The first-order valence-corrected chi connectivity index (χ1v) is 6.93. The SMILES string of the molecule is Cc1ccc(C(CCC2CCCC2)NN)cc1F. The van der Waals surface area contributed by atoms with Gasteiger partial charge in [-0.1, -0.05) is 37.8 Å². The van der Waals surface area contributed by atoms with Gasteiger partial charge in [-0.05, 0) is 42.9 Å². The van der Waals surface area contributed by atoms with E-state index in [0.717, 1.165) is 17.9 Å². The Kier molecular flexibility index (Phi) is 4.72. The maximum atomic E-state index is 13.5. The van der Waals surface area contributed by atoms with Crippen LogP contribution in [0.3, 0.4) is 0 Å². The Morgan fingerprint density at radius 1 is 1.39 bits per heavy atom. The predicted octanol–water partition coefficient (Wildman–Crippen LogP) is 3.61. The zero-order valence-electron chi connectivity index (χ0n) is 11.1. The molecule has 1 unspecified atom stereocenters. The number of benzene rings is 1. The number of aryl methyl sites for hydroxylation is 1. The van der Waals surface area contributed by atoms with Crippen LogP contribution in [0.2, 0.25) is 0 Å². The Balaban J connectivity index is 1.96. The van der Waals surface area contributed by atoms with Gasteiger partial charge in [-0.2, -0.15) is 0 Å². The van der Waals surface area contributed by atoms with E-state index in [0.29, 0.717) is 5.56 Å². The molecule has 1 fully saturated rings. The summed E-state index contributed by atoms with van der Waals surface area (Å²) in [4.78, 5) is 0. The van der Waals surface area contributed by atoms with Crippen molar-refractivity contribution in [3.63, 3.8) is 0 Å². The standard InChI is InChI=1S/C15H23FN2/c1-11-6-8-13(10-14(11)16)15(18-17)9-7-12-4-2-3-5-12/h6,8,10,12,15,18H,2-5,7,9,17H2,1H3. The second-order valence-corrected chi connectivity index (χ2v) is 5.46. The number of hydrogen-bond donors (Lipinski definition) is 2. The second kappa shape index (κ2) is 6.30. The van der Waals surface area contributed by atoms with Gasteiger partial charge in [-0.3, -0.25) is 11.3 Å². The molecule has 0 aliphatic heterocycles. The van der Waals surface area contributed by atoms with E-state index in [9.17, 15) is 4.39 Å². The van der Waals surface area contributed by atoms with Gasteiger partial charge in [-0.25, -0.2) is 4.39 Å². The van der Waals surface area contributed by atoms with Crippen LogP contribution in [0.5, 0.6) is 0 Å². The Morgan fingerprint density at radius 3 is 2.72 bits per heavy atom. The van der Waals surface area contributed by atoms with Gasteiger partial charge in [0, 0.05) is 6.04 Å². The molecule has 0 radical (unpaired) electrons. The summed E-state index contributed by atoms with van der Waals surface area (Å²) in [5.41, 5.74) is 4.46. The fourth-order valence-electron chi connectivity index (χ4n) is 2.87. The molecular formula is C15H23FN2. The van der Waals surface area contributed by atoms with Gasteiger partial charge in [0.1, 0.15) is 5.82 Å². The Bertz CT molecular complexity index is 386. The normalized spacial score (nSPS) is 18.2. The first-order valence-electron chi connectivity index (χ1n) is 6.93. The molecular weight excluding hydrogens is 227 g/mol. The molecule has 3 heteroatoms. The van der Waals surface area contributed by atoms with E-state index in [2.05, 4.69) is 5.43 Å². The quantitative estimate of drug-likeness (QED) is 0.619. The minimum atomic E-state index is -0.145. The molecule has 0 bridgehead atoms. The molecule has 0 amide bonds. The molecule has 3 N–H and O–H groups in total. The molecule has 0 saturated heterocycles. The van der Waals surface area contributed by atoms with Crippen molar-refractivity contribution >= 4 is 0 Å². The summed E-state index contributed by atoms with van der Waals surface area (Å²) in [5, 5.41) is 0. The molecule has 1 aliphatic rings. The van der Waals surface area contributed by atoms with Gasteiger partial charge in [0.2, 0.25) is 0 Å². The molecule has 2 rings (SSSR count). The van der Waals surface area contributed by atoms with Gasteiger partial charge < -0.3 is 0 Å². The molecule has 0 heterocycles. The van der Waals surface area contributed by atoms with Crippen molar-refractivity contribution in [2.75, 3.05) is 0 Å². The maximum Gasteiger partial charge on any atom is 0.126 e. The summed E-state index contributed by atoms with van der Waals surface area (Å²) >= 11 is 0. The van der Waals surface area contributed by atoms with Crippen LogP contribution in [0.4, 0.5) is 4.39 Å². The maximum absolute atomic E-state index is 13.5. The van der Waals surface area contributed by atoms with Gasteiger partial charge in [-0.15, -0.1) is 0 Å². The number of hydrazine groups is 1. The van der Waals surface area contributed by atoms with E-state index in [1.807, 2.05) is 12.1 Å². The minimum absolute atomic E-state index is 0.0701. The van der Waals surface area contributed by atoms with Crippen molar-refractivity contribution < 1.29 is 4.39 Å². The summed E-state index contributed by atoms with van der Waals surface area (Å²) in [6.45, 7) is 1.78. The largest absolute Gasteiger partial charge is 0.271 e. The highest BCUT2D eigenvalue weighted by Crippen LogP contribution is 2.31. The Morgan fingerprint density at radius 2 is 2.11 bits per heavy atom. The third-order valence-electron chi connectivity index (χ3n) is 4.14. The average Bonchev–Trinajstić information content (AvgIpc) is 2.87. The van der Waals surface area contributed by atoms with Crippen molar-refractivity contribution in [2.24, 2.45) is 11.8 Å². The lowest BCUT2D eigenvalue weighted by Crippen LogP contribution is -2.28. The van der Waals surface area contributed by atoms with Crippen LogP contribution in [0.1, 0.15) is 55.7 Å². The van der Waals surface area contributed by atoms with Crippen molar-refractivity contribution in [2.45, 2.75) is 51.5 Å². The lowest BCUT2D eigenvalue weighted by atomic mass is 9.94. The molecule has 1 aromatic carbocycles. The summed E-state index contributed by atoms with van der Waals surface area (Å²) in [7, 11) is 0. The highest BCUT2D eigenvalue weighted by atomic mass is 19.1. The number of hydrogen-bond acceptors (Lipinski definition) is 2. The van der Waals surface area contributed by atoms with Crippen LogP contribution >= 0.6 is 0 Å². The summed E-state index contributed by atoms with van der Waals surface area (Å²) in [6, 6.07) is 5.47. The number of nitrogens with one attached hydrogen (secondary N) is 1. The summed E-state index contributed by atoms with van der Waals surface area (Å²) in [6.07, 6.45) is 7.60. The Labute approximate surface area is 109 Å². The molecule has 1 saturated carbocycles. The zero-order valence-corrected chi connectivity index (χ0v) is 11.1. The van der Waals surface area contributed by atoms with Crippen LogP contribution < -0.4 is 11.3 Å². The van der Waals surface area contributed by atoms with E-state index in [1.165, 1.54) is 32.1 Å². The molecule has 0 spiro atoms. The smallest absolute Gasteiger partial charge is 0.126 e. The van der Waals surface area contributed by atoms with E-state index >= 15 is 0 Å². The number of nitrogens with two attached hydrogens (primary N) is 1. The van der Waals surface area contributed by atoms with Crippen molar-refractivity contribution in [3.8, 4) is 0 Å². The lowest BCUT2D eigenvalue weighted by Gasteiger charge is -2.19. The van der Waals surface area contributed by atoms with Gasteiger partial charge in [0.15, 0.2) is 0 Å². The van der Waals surface area contributed by atoms with Crippen LogP contribution in [-0.4, -0.2) is 0 Å². The van der Waals surface area contributed by atoms with E-state index < -0.39 is 0 Å². The van der Waals surface area contributed by atoms with E-state index in [4.69, 9.17) is 5.84 Å². The topological polar surface area (TPSA) is 38.0 Å². The first kappa shape index (κ1) is 13.5. The predicted molar refractivity (Wildman–Crippen MR) is 72.4 cm³/mol. The molecule has 1 atom stereocenters. The second-order valence-electron chi connectivity index (χ2n) is 5.46. The van der Waals surface area contributed by atoms with Crippen molar-refractivity contribution in [3.05, 3.63) is 35.1 Å². The van der Waals surface area contributed by atoms with Crippen molar-refractivity contribution in [1.29, 1.82) is 0 Å². The van der Waals surface area contributed by atoms with E-state index in [1.54, 1.807) is 13.0 Å². The van der Waals surface area contributed by atoms with Gasteiger partial charge in [0.05, 0.1) is 0 Å².